The van der Waals surface area contributed by atoms with Crippen molar-refractivity contribution in [2.45, 2.75) is 33.1 Å². The fourth-order valence-electron chi connectivity index (χ4n) is 0.554. The van der Waals surface area contributed by atoms with Gasteiger partial charge in [-0.1, -0.05) is 32.8 Å². The third-order valence-corrected chi connectivity index (χ3v) is 1.80. The van der Waals surface area contributed by atoms with Crippen LogP contribution in [0.2, 0.25) is 0 Å². The lowest BCUT2D eigenvalue weighted by Gasteiger charge is -1.87. The molecular weight excluding hydrogens is 128 g/mol. The summed E-state index contributed by atoms with van der Waals surface area (Å²) >= 11 is 1.88. The van der Waals surface area contributed by atoms with Gasteiger partial charge in [-0.3, -0.25) is 0 Å². The quantitative estimate of drug-likeness (QED) is 0.533. The van der Waals surface area contributed by atoms with Crippen molar-refractivity contribution in [1.82, 2.24) is 0 Å². The third kappa shape index (κ3) is 8.09. The minimum atomic E-state index is 1.20. The van der Waals surface area contributed by atoms with Gasteiger partial charge in [0.25, 0.3) is 0 Å². The summed E-state index contributed by atoms with van der Waals surface area (Å²) in [5.74, 6) is 1.20. The highest BCUT2D eigenvalue weighted by Crippen LogP contribution is 2.03. The van der Waals surface area contributed by atoms with Crippen LogP contribution in [-0.4, -0.2) is 5.75 Å². The van der Waals surface area contributed by atoms with Crippen LogP contribution in [0.4, 0.5) is 0 Å². The summed E-state index contributed by atoms with van der Waals surface area (Å²) in [6.07, 6.45) is 6.16. The topological polar surface area (TPSA) is 0 Å². The summed E-state index contributed by atoms with van der Waals surface area (Å²) in [6, 6.07) is 0. The van der Waals surface area contributed by atoms with E-state index in [1.54, 1.807) is 0 Å². The van der Waals surface area contributed by atoms with E-state index in [4.69, 9.17) is 0 Å². The summed E-state index contributed by atoms with van der Waals surface area (Å²) < 4.78 is 0. The molecule has 0 saturated heterocycles. The first-order valence-electron chi connectivity index (χ1n) is 3.68. The van der Waals surface area contributed by atoms with Crippen molar-refractivity contribution in [3.8, 4) is 0 Å². The minimum absolute atomic E-state index is 1.20. The molecule has 0 aliphatic carbocycles. The Balaban J connectivity index is 2.86. The zero-order chi connectivity index (χ0) is 6.95. The Morgan fingerprint density at radius 1 is 1.33 bits per heavy atom. The first-order valence-corrected chi connectivity index (χ1v) is 4.73. The second-order valence-electron chi connectivity index (χ2n) is 1.97. The highest BCUT2D eigenvalue weighted by Gasteiger charge is 1.76. The molecule has 9 heavy (non-hydrogen) atoms. The molecule has 0 radical (unpaired) electrons. The first kappa shape index (κ1) is 9.09. The fourth-order valence-corrected chi connectivity index (χ4v) is 1.02. The molecule has 0 unspecified atom stereocenters. The van der Waals surface area contributed by atoms with E-state index in [-0.39, 0.29) is 0 Å². The number of unbranched alkanes of at least 4 members (excludes halogenated alkanes) is 2. The number of allylic oxidation sites excluding steroid dienone is 1. The van der Waals surface area contributed by atoms with Crippen molar-refractivity contribution in [3.05, 3.63) is 11.5 Å². The molecule has 0 heterocycles. The standard InChI is InChI=1S/C8H16S/c1-3-5-6-7-8-9-4-2/h7-8H,3-6H2,1-2H3. The van der Waals surface area contributed by atoms with E-state index in [1.807, 2.05) is 11.8 Å². The van der Waals surface area contributed by atoms with Gasteiger partial charge in [0.1, 0.15) is 0 Å². The van der Waals surface area contributed by atoms with Crippen molar-refractivity contribution >= 4 is 11.8 Å². The number of rotatable bonds is 5. The molecule has 0 aliphatic heterocycles. The molecule has 0 atom stereocenters. The molecule has 0 aromatic heterocycles. The summed E-state index contributed by atoms with van der Waals surface area (Å²) in [5, 5.41) is 2.20. The predicted octanol–water partition coefficient (Wildman–Crippen LogP) is 3.44. The largest absolute Gasteiger partial charge is 0.135 e. The number of hydrogen-bond donors (Lipinski definition) is 0. The Bertz CT molecular complexity index is 67.0. The van der Waals surface area contributed by atoms with Crippen LogP contribution in [0.25, 0.3) is 0 Å². The Morgan fingerprint density at radius 2 is 2.11 bits per heavy atom. The van der Waals surface area contributed by atoms with Crippen LogP contribution in [0.15, 0.2) is 11.5 Å². The van der Waals surface area contributed by atoms with Gasteiger partial charge in [-0.05, 0) is 17.6 Å². The molecule has 1 heteroatoms. The summed E-state index contributed by atoms with van der Waals surface area (Å²) in [7, 11) is 0. The summed E-state index contributed by atoms with van der Waals surface area (Å²) in [5.41, 5.74) is 0. The van der Waals surface area contributed by atoms with Gasteiger partial charge in [0.05, 0.1) is 0 Å². The lowest BCUT2D eigenvalue weighted by molar-refractivity contribution is 0.815. The molecule has 0 rings (SSSR count). The van der Waals surface area contributed by atoms with Gasteiger partial charge >= 0.3 is 0 Å². The van der Waals surface area contributed by atoms with Crippen molar-refractivity contribution in [2.24, 2.45) is 0 Å². The van der Waals surface area contributed by atoms with Crippen LogP contribution < -0.4 is 0 Å². The molecule has 0 aromatic rings. The van der Waals surface area contributed by atoms with E-state index in [9.17, 15) is 0 Å². The van der Waals surface area contributed by atoms with Gasteiger partial charge in [-0.25, -0.2) is 0 Å². The maximum absolute atomic E-state index is 2.26. The van der Waals surface area contributed by atoms with Gasteiger partial charge in [0, 0.05) is 0 Å². The van der Waals surface area contributed by atoms with Crippen LogP contribution >= 0.6 is 11.8 Å². The summed E-state index contributed by atoms with van der Waals surface area (Å²) in [4.78, 5) is 0. The lowest BCUT2D eigenvalue weighted by atomic mass is 10.2. The highest BCUT2D eigenvalue weighted by atomic mass is 32.2. The molecule has 0 aromatic carbocycles. The Kier molecular flexibility index (Phi) is 8.17. The Labute approximate surface area is 62.7 Å². The van der Waals surface area contributed by atoms with Crippen LogP contribution in [-0.2, 0) is 0 Å². The van der Waals surface area contributed by atoms with Gasteiger partial charge in [-0.15, -0.1) is 11.8 Å². The average molecular weight is 144 g/mol. The maximum atomic E-state index is 2.26. The van der Waals surface area contributed by atoms with Crippen LogP contribution in [0.5, 0.6) is 0 Å². The van der Waals surface area contributed by atoms with Gasteiger partial charge in [0.2, 0.25) is 0 Å². The van der Waals surface area contributed by atoms with Crippen molar-refractivity contribution in [3.63, 3.8) is 0 Å². The maximum Gasteiger partial charge on any atom is -0.00546 e. The van der Waals surface area contributed by atoms with E-state index in [0.717, 1.165) is 0 Å². The zero-order valence-corrected chi connectivity index (χ0v) is 7.21. The number of hydrogen-bond acceptors (Lipinski definition) is 1. The van der Waals surface area contributed by atoms with Crippen LogP contribution in [0, 0.1) is 0 Å². The molecule has 0 nitrogen and oxygen atoms in total. The minimum Gasteiger partial charge on any atom is -0.135 e. The van der Waals surface area contributed by atoms with E-state index in [2.05, 4.69) is 25.3 Å². The molecular formula is C8H16S. The molecule has 0 fully saturated rings. The molecule has 0 N–H and O–H groups in total. The summed E-state index contributed by atoms with van der Waals surface area (Å²) in [6.45, 7) is 4.40. The van der Waals surface area contributed by atoms with E-state index >= 15 is 0 Å². The second-order valence-corrected chi connectivity index (χ2v) is 3.15. The molecule has 54 valence electrons. The van der Waals surface area contributed by atoms with E-state index in [1.165, 1.54) is 25.0 Å². The average Bonchev–Trinajstić information content (AvgIpc) is 1.89. The van der Waals surface area contributed by atoms with E-state index < -0.39 is 0 Å². The lowest BCUT2D eigenvalue weighted by Crippen LogP contribution is -1.65. The van der Waals surface area contributed by atoms with Gasteiger partial charge in [0.15, 0.2) is 0 Å². The monoisotopic (exact) mass is 144 g/mol. The number of thioether (sulfide) groups is 1. The first-order chi connectivity index (χ1) is 4.41. The Morgan fingerprint density at radius 3 is 2.67 bits per heavy atom. The molecule has 0 amide bonds. The van der Waals surface area contributed by atoms with Crippen LogP contribution in [0.1, 0.15) is 33.1 Å². The molecule has 0 spiro atoms. The molecule has 0 bridgehead atoms. The second kappa shape index (κ2) is 8.09. The third-order valence-electron chi connectivity index (χ3n) is 1.08. The zero-order valence-electron chi connectivity index (χ0n) is 6.39. The fraction of sp³-hybridized carbons (Fsp3) is 0.750. The van der Waals surface area contributed by atoms with E-state index in [0.29, 0.717) is 0 Å². The SMILES string of the molecule is CCCCC=CSCC. The smallest absolute Gasteiger partial charge is 0.00546 e. The molecule has 0 aliphatic rings. The van der Waals surface area contributed by atoms with Crippen molar-refractivity contribution in [1.29, 1.82) is 0 Å². The highest BCUT2D eigenvalue weighted by molar-refractivity contribution is 8.02. The Hall–Kier alpha value is 0.0900. The predicted molar refractivity (Wildman–Crippen MR) is 46.8 cm³/mol. The van der Waals surface area contributed by atoms with Gasteiger partial charge in [-0.2, -0.15) is 0 Å². The normalized spacial score (nSPS) is 10.9. The molecule has 0 saturated carbocycles. The van der Waals surface area contributed by atoms with Crippen molar-refractivity contribution in [2.75, 3.05) is 5.75 Å². The van der Waals surface area contributed by atoms with Crippen LogP contribution in [0.3, 0.4) is 0 Å². The van der Waals surface area contributed by atoms with Gasteiger partial charge < -0.3 is 0 Å². The van der Waals surface area contributed by atoms with Crippen molar-refractivity contribution < 1.29 is 0 Å².